The molecule has 1 aromatic heterocycles. The molecule has 0 atom stereocenters. The minimum Gasteiger partial charge on any atom is -0.423 e. The quantitative estimate of drug-likeness (QED) is 0.441. The van der Waals surface area contributed by atoms with Crippen LogP contribution in [0.1, 0.15) is 0 Å². The Hall–Kier alpha value is -3.16. The number of piperazine rings is 1. The molecular formula is C24H23N3O3S. The molecule has 0 amide bonds. The van der Waals surface area contributed by atoms with E-state index in [4.69, 9.17) is 4.42 Å². The lowest BCUT2D eigenvalue weighted by molar-refractivity contribution is 0.278. The fraction of sp³-hybridized carbons (Fsp3) is 0.208. The monoisotopic (exact) mass is 433 g/mol. The maximum atomic E-state index is 13.7. The van der Waals surface area contributed by atoms with E-state index in [1.165, 1.54) is 0 Å². The van der Waals surface area contributed by atoms with Crippen LogP contribution in [0, 0.1) is 0 Å². The van der Waals surface area contributed by atoms with Crippen molar-refractivity contribution in [2.75, 3.05) is 37.6 Å². The number of oxazole rings is 1. The first-order valence-electron chi connectivity index (χ1n) is 10.3. The number of nitrogens with zero attached hydrogens (tertiary/aromatic N) is 3. The fourth-order valence-corrected chi connectivity index (χ4v) is 5.75. The molecule has 7 heteroatoms. The van der Waals surface area contributed by atoms with Gasteiger partial charge < -0.3 is 9.32 Å². The van der Waals surface area contributed by atoms with Crippen LogP contribution in [0.15, 0.2) is 87.5 Å². The SMILES string of the molecule is C=CCN1CCN(c2nc3c(S(=O)(=O)c4cccc5ccccc45)cccc3o2)CC1. The van der Waals surface area contributed by atoms with Gasteiger partial charge in [-0.25, -0.2) is 8.42 Å². The normalized spacial score (nSPS) is 15.5. The van der Waals surface area contributed by atoms with Gasteiger partial charge >= 0.3 is 0 Å². The van der Waals surface area contributed by atoms with Crippen molar-refractivity contribution in [1.29, 1.82) is 0 Å². The van der Waals surface area contributed by atoms with Gasteiger partial charge in [-0.1, -0.05) is 48.5 Å². The van der Waals surface area contributed by atoms with Crippen LogP contribution in [-0.4, -0.2) is 51.0 Å². The molecule has 158 valence electrons. The topological polar surface area (TPSA) is 66.7 Å². The Balaban J connectivity index is 1.56. The molecule has 5 rings (SSSR count). The van der Waals surface area contributed by atoms with Gasteiger partial charge in [-0.15, -0.1) is 6.58 Å². The predicted octanol–water partition coefficient (Wildman–Crippen LogP) is 4.12. The molecule has 0 saturated carbocycles. The van der Waals surface area contributed by atoms with Crippen LogP contribution in [0.5, 0.6) is 0 Å². The first-order valence-corrected chi connectivity index (χ1v) is 11.8. The highest BCUT2D eigenvalue weighted by Crippen LogP contribution is 2.33. The van der Waals surface area contributed by atoms with E-state index in [0.29, 0.717) is 22.5 Å². The van der Waals surface area contributed by atoms with Crippen LogP contribution < -0.4 is 4.90 Å². The van der Waals surface area contributed by atoms with Gasteiger partial charge in [0.15, 0.2) is 5.58 Å². The lowest BCUT2D eigenvalue weighted by atomic mass is 10.1. The highest BCUT2D eigenvalue weighted by atomic mass is 32.2. The summed E-state index contributed by atoms with van der Waals surface area (Å²) in [6, 6.07) is 18.4. The van der Waals surface area contributed by atoms with E-state index < -0.39 is 9.84 Å². The lowest BCUT2D eigenvalue weighted by Crippen LogP contribution is -2.46. The third-order valence-corrected chi connectivity index (χ3v) is 7.57. The Labute approximate surface area is 181 Å². The minimum atomic E-state index is -3.79. The molecule has 0 spiro atoms. The molecule has 1 aliphatic rings. The Morgan fingerprint density at radius 1 is 0.935 bits per heavy atom. The molecule has 0 aliphatic carbocycles. The molecule has 31 heavy (non-hydrogen) atoms. The Morgan fingerprint density at radius 3 is 2.45 bits per heavy atom. The predicted molar refractivity (Wildman–Crippen MR) is 122 cm³/mol. The molecule has 1 aliphatic heterocycles. The molecule has 0 radical (unpaired) electrons. The number of hydrogen-bond acceptors (Lipinski definition) is 6. The average molecular weight is 434 g/mol. The van der Waals surface area contributed by atoms with E-state index in [9.17, 15) is 8.42 Å². The fourth-order valence-electron chi connectivity index (χ4n) is 4.12. The molecule has 1 fully saturated rings. The van der Waals surface area contributed by atoms with Crippen molar-refractivity contribution in [1.82, 2.24) is 9.88 Å². The summed E-state index contributed by atoms with van der Waals surface area (Å²) in [5, 5.41) is 1.58. The third-order valence-electron chi connectivity index (χ3n) is 5.73. The van der Waals surface area contributed by atoms with E-state index in [1.807, 2.05) is 36.4 Å². The van der Waals surface area contributed by atoms with Crippen LogP contribution in [-0.2, 0) is 9.84 Å². The van der Waals surface area contributed by atoms with Gasteiger partial charge in [0.25, 0.3) is 6.01 Å². The van der Waals surface area contributed by atoms with Gasteiger partial charge in [0.05, 0.1) is 4.90 Å². The number of para-hydroxylation sites is 1. The maximum Gasteiger partial charge on any atom is 0.298 e. The van der Waals surface area contributed by atoms with Crippen molar-refractivity contribution in [3.8, 4) is 0 Å². The number of hydrogen-bond donors (Lipinski definition) is 0. The summed E-state index contributed by atoms with van der Waals surface area (Å²) in [5.74, 6) is 0. The molecule has 4 aromatic rings. The van der Waals surface area contributed by atoms with Gasteiger partial charge in [0, 0.05) is 38.1 Å². The molecule has 0 unspecified atom stereocenters. The molecule has 0 bridgehead atoms. The van der Waals surface area contributed by atoms with E-state index in [0.717, 1.165) is 38.1 Å². The third kappa shape index (κ3) is 3.49. The van der Waals surface area contributed by atoms with Crippen molar-refractivity contribution in [2.24, 2.45) is 0 Å². The largest absolute Gasteiger partial charge is 0.423 e. The van der Waals surface area contributed by atoms with Crippen LogP contribution >= 0.6 is 0 Å². The standard InChI is InChI=1S/C24H23N3O3S/c1-2-13-26-14-16-27(17-15-26)24-25-23-20(30-24)10-6-12-22(23)31(28,29)21-11-5-8-18-7-3-4-9-19(18)21/h2-12H,1,13-17H2. The van der Waals surface area contributed by atoms with Crippen LogP contribution in [0.25, 0.3) is 21.9 Å². The van der Waals surface area contributed by atoms with Crippen molar-refractivity contribution < 1.29 is 12.8 Å². The molecule has 1 saturated heterocycles. The number of anilines is 1. The molecular weight excluding hydrogens is 410 g/mol. The number of sulfone groups is 1. The maximum absolute atomic E-state index is 13.7. The first kappa shape index (κ1) is 19.8. The van der Waals surface area contributed by atoms with E-state index in [1.54, 1.807) is 30.3 Å². The zero-order chi connectivity index (χ0) is 21.4. The number of rotatable bonds is 5. The summed E-state index contributed by atoms with van der Waals surface area (Å²) in [5.41, 5.74) is 0.851. The molecule has 0 N–H and O–H groups in total. The van der Waals surface area contributed by atoms with E-state index >= 15 is 0 Å². The molecule has 6 nitrogen and oxygen atoms in total. The van der Waals surface area contributed by atoms with Crippen LogP contribution in [0.4, 0.5) is 6.01 Å². The second-order valence-electron chi connectivity index (χ2n) is 7.66. The van der Waals surface area contributed by atoms with Gasteiger partial charge in [-0.2, -0.15) is 4.98 Å². The van der Waals surface area contributed by atoms with Gasteiger partial charge in [0.1, 0.15) is 10.4 Å². The summed E-state index contributed by atoms with van der Waals surface area (Å²) in [6.45, 7) is 7.95. The van der Waals surface area contributed by atoms with Crippen LogP contribution in [0.3, 0.4) is 0 Å². The van der Waals surface area contributed by atoms with Crippen molar-refractivity contribution in [3.63, 3.8) is 0 Å². The first-order chi connectivity index (χ1) is 15.1. The highest BCUT2D eigenvalue weighted by Gasteiger charge is 2.27. The van der Waals surface area contributed by atoms with Crippen molar-refractivity contribution in [3.05, 3.63) is 73.3 Å². The average Bonchev–Trinajstić information content (AvgIpc) is 3.23. The van der Waals surface area contributed by atoms with Gasteiger partial charge in [0.2, 0.25) is 9.84 Å². The zero-order valence-electron chi connectivity index (χ0n) is 17.1. The lowest BCUT2D eigenvalue weighted by Gasteiger charge is -2.33. The second-order valence-corrected chi connectivity index (χ2v) is 9.54. The molecule has 2 heterocycles. The van der Waals surface area contributed by atoms with E-state index in [-0.39, 0.29) is 9.79 Å². The van der Waals surface area contributed by atoms with Gasteiger partial charge in [-0.05, 0) is 23.6 Å². The van der Waals surface area contributed by atoms with Crippen molar-refractivity contribution >= 4 is 37.7 Å². The summed E-state index contributed by atoms with van der Waals surface area (Å²) in [6.07, 6.45) is 1.90. The summed E-state index contributed by atoms with van der Waals surface area (Å²) < 4.78 is 33.3. The summed E-state index contributed by atoms with van der Waals surface area (Å²) >= 11 is 0. The number of benzene rings is 3. The Bertz CT molecular complexity index is 1360. The number of fused-ring (bicyclic) bond motifs is 2. The zero-order valence-corrected chi connectivity index (χ0v) is 17.9. The Kier molecular flexibility index (Phi) is 5.00. The smallest absolute Gasteiger partial charge is 0.298 e. The molecule has 3 aromatic carbocycles. The summed E-state index contributed by atoms with van der Waals surface area (Å²) in [7, 11) is -3.79. The van der Waals surface area contributed by atoms with E-state index in [2.05, 4.69) is 21.4 Å². The minimum absolute atomic E-state index is 0.168. The Morgan fingerprint density at radius 2 is 1.65 bits per heavy atom. The van der Waals surface area contributed by atoms with Crippen LogP contribution in [0.2, 0.25) is 0 Å². The number of aromatic nitrogens is 1. The summed E-state index contributed by atoms with van der Waals surface area (Å²) in [4.78, 5) is 9.44. The second kappa shape index (κ2) is 7.83. The highest BCUT2D eigenvalue weighted by molar-refractivity contribution is 7.92. The van der Waals surface area contributed by atoms with Gasteiger partial charge in [-0.3, -0.25) is 4.90 Å². The van der Waals surface area contributed by atoms with Crippen molar-refractivity contribution in [2.45, 2.75) is 9.79 Å².